The zero-order valence-electron chi connectivity index (χ0n) is 17.0. The largest absolute Gasteiger partial charge is 0.495 e. The maximum Gasteiger partial charge on any atom is 0.321 e. The number of nitrogens with one attached hydrogen (secondary N) is 2. The zero-order chi connectivity index (χ0) is 21.7. The Morgan fingerprint density at radius 1 is 1.23 bits per heavy atom. The zero-order valence-corrected chi connectivity index (χ0v) is 17.8. The fourth-order valence-corrected chi connectivity index (χ4v) is 3.74. The van der Waals surface area contributed by atoms with Gasteiger partial charge in [-0.3, -0.25) is 4.79 Å². The highest BCUT2D eigenvalue weighted by Crippen LogP contribution is 2.32. The number of rotatable bonds is 5. The smallest absolute Gasteiger partial charge is 0.321 e. The molecule has 0 bridgehead atoms. The second-order valence-electron chi connectivity index (χ2n) is 7.67. The summed E-state index contributed by atoms with van der Waals surface area (Å²) in [5, 5.41) is 6.21. The molecule has 1 heterocycles. The highest BCUT2D eigenvalue weighted by atomic mass is 35.5. The quantitative estimate of drug-likeness (QED) is 0.732. The summed E-state index contributed by atoms with van der Waals surface area (Å²) < 4.78 is 18.3. The Kier molecular flexibility index (Phi) is 6.82. The molecule has 0 spiro atoms. The standard InChI is InChI=1S/C22H25ClFN3O3/c1-22(20(28)25-13-15-4-7-17(24)8-5-15)10-3-11-27(14-22)21(29)26-18-12-16(23)6-9-19(18)30-2/h4-9,12H,3,10-11,13-14H2,1-2H3,(H,25,28)(H,26,29)/t22-/m0/s1. The lowest BCUT2D eigenvalue weighted by Crippen LogP contribution is -2.52. The monoisotopic (exact) mass is 433 g/mol. The summed E-state index contributed by atoms with van der Waals surface area (Å²) in [7, 11) is 1.52. The highest BCUT2D eigenvalue weighted by Gasteiger charge is 2.39. The molecule has 6 nitrogen and oxygen atoms in total. The van der Waals surface area contributed by atoms with Crippen molar-refractivity contribution in [3.8, 4) is 5.75 Å². The number of hydrogen-bond donors (Lipinski definition) is 2. The molecule has 1 fully saturated rings. The van der Waals surface area contributed by atoms with Gasteiger partial charge in [0.15, 0.2) is 0 Å². The maximum atomic E-state index is 13.0. The van der Waals surface area contributed by atoms with E-state index in [0.717, 1.165) is 5.56 Å². The second kappa shape index (κ2) is 9.34. The summed E-state index contributed by atoms with van der Waals surface area (Å²) in [6, 6.07) is 10.7. The normalized spacial score (nSPS) is 18.6. The first-order chi connectivity index (χ1) is 14.3. The Balaban J connectivity index is 1.63. The van der Waals surface area contributed by atoms with Gasteiger partial charge >= 0.3 is 6.03 Å². The predicted octanol–water partition coefficient (Wildman–Crippen LogP) is 4.44. The molecule has 3 amide bonds. The molecule has 2 N–H and O–H groups in total. The lowest BCUT2D eigenvalue weighted by atomic mass is 9.81. The number of anilines is 1. The lowest BCUT2D eigenvalue weighted by Gasteiger charge is -2.39. The number of urea groups is 1. The predicted molar refractivity (Wildman–Crippen MR) is 114 cm³/mol. The van der Waals surface area contributed by atoms with Crippen molar-refractivity contribution in [2.24, 2.45) is 5.41 Å². The van der Waals surface area contributed by atoms with Crippen LogP contribution in [0, 0.1) is 11.2 Å². The molecule has 1 aliphatic rings. The van der Waals surface area contributed by atoms with Crippen LogP contribution in [0.5, 0.6) is 5.75 Å². The number of hydrogen-bond acceptors (Lipinski definition) is 3. The molecule has 1 saturated heterocycles. The van der Waals surface area contributed by atoms with Crippen molar-refractivity contribution in [3.05, 3.63) is 58.9 Å². The molecule has 1 aliphatic heterocycles. The first kappa shape index (κ1) is 21.9. The number of carbonyl (C=O) groups is 2. The van der Waals surface area contributed by atoms with Crippen LogP contribution in [0.4, 0.5) is 14.9 Å². The fourth-order valence-electron chi connectivity index (χ4n) is 3.57. The van der Waals surface area contributed by atoms with Gasteiger partial charge in [-0.15, -0.1) is 0 Å². The van der Waals surface area contributed by atoms with Gasteiger partial charge in [-0.05, 0) is 55.7 Å². The minimum absolute atomic E-state index is 0.135. The van der Waals surface area contributed by atoms with Gasteiger partial charge in [0, 0.05) is 24.7 Å². The van der Waals surface area contributed by atoms with E-state index in [1.165, 1.54) is 19.2 Å². The number of likely N-dealkylation sites (tertiary alicyclic amines) is 1. The van der Waals surface area contributed by atoms with Crippen molar-refractivity contribution >= 4 is 29.2 Å². The van der Waals surface area contributed by atoms with Gasteiger partial charge in [0.25, 0.3) is 0 Å². The number of methoxy groups -OCH3 is 1. The van der Waals surface area contributed by atoms with E-state index >= 15 is 0 Å². The van der Waals surface area contributed by atoms with Crippen LogP contribution in [0.15, 0.2) is 42.5 Å². The van der Waals surface area contributed by atoms with E-state index in [4.69, 9.17) is 16.3 Å². The minimum atomic E-state index is -0.714. The van der Waals surface area contributed by atoms with Crippen molar-refractivity contribution in [3.63, 3.8) is 0 Å². The Labute approximate surface area is 180 Å². The minimum Gasteiger partial charge on any atom is -0.495 e. The van der Waals surface area contributed by atoms with E-state index in [9.17, 15) is 14.0 Å². The Bertz CT molecular complexity index is 922. The first-order valence-corrected chi connectivity index (χ1v) is 10.1. The maximum absolute atomic E-state index is 13.0. The number of piperidine rings is 1. The molecule has 0 aliphatic carbocycles. The van der Waals surface area contributed by atoms with E-state index < -0.39 is 5.41 Å². The summed E-state index contributed by atoms with van der Waals surface area (Å²) in [5.74, 6) is 0.0523. The fraction of sp³-hybridized carbons (Fsp3) is 0.364. The van der Waals surface area contributed by atoms with Crippen LogP contribution < -0.4 is 15.4 Å². The van der Waals surface area contributed by atoms with E-state index in [-0.39, 0.29) is 24.3 Å². The Morgan fingerprint density at radius 2 is 1.97 bits per heavy atom. The first-order valence-electron chi connectivity index (χ1n) is 9.73. The van der Waals surface area contributed by atoms with Gasteiger partial charge in [-0.25, -0.2) is 9.18 Å². The second-order valence-corrected chi connectivity index (χ2v) is 8.11. The van der Waals surface area contributed by atoms with Crippen LogP contribution in [0.25, 0.3) is 0 Å². The van der Waals surface area contributed by atoms with Crippen LogP contribution in [0.3, 0.4) is 0 Å². The molecular formula is C22H25ClFN3O3. The van der Waals surface area contributed by atoms with Crippen LogP contribution in [0.2, 0.25) is 5.02 Å². The molecule has 2 aromatic carbocycles. The van der Waals surface area contributed by atoms with Crippen molar-refractivity contribution in [2.45, 2.75) is 26.3 Å². The number of ether oxygens (including phenoxy) is 1. The average molecular weight is 434 g/mol. The molecular weight excluding hydrogens is 409 g/mol. The third kappa shape index (κ3) is 5.21. The molecule has 0 aromatic heterocycles. The van der Waals surface area contributed by atoms with Gasteiger partial charge in [-0.1, -0.05) is 23.7 Å². The van der Waals surface area contributed by atoms with Gasteiger partial charge in [0.05, 0.1) is 18.2 Å². The van der Waals surface area contributed by atoms with Crippen molar-refractivity contribution < 1.29 is 18.7 Å². The Morgan fingerprint density at radius 3 is 2.67 bits per heavy atom. The molecule has 1 atom stereocenters. The van der Waals surface area contributed by atoms with Crippen LogP contribution in [-0.4, -0.2) is 37.0 Å². The summed E-state index contributed by atoms with van der Waals surface area (Å²) in [4.78, 5) is 27.3. The van der Waals surface area contributed by atoms with E-state index in [1.54, 1.807) is 35.2 Å². The highest BCUT2D eigenvalue weighted by molar-refractivity contribution is 6.31. The average Bonchev–Trinajstić information content (AvgIpc) is 2.73. The number of amides is 3. The summed E-state index contributed by atoms with van der Waals surface area (Å²) in [5.41, 5.74) is 0.573. The summed E-state index contributed by atoms with van der Waals surface area (Å²) in [6.45, 7) is 3.00. The van der Waals surface area contributed by atoms with Gasteiger partial charge in [0.2, 0.25) is 5.91 Å². The third-order valence-electron chi connectivity index (χ3n) is 5.30. The van der Waals surface area contributed by atoms with Crippen molar-refractivity contribution in [1.82, 2.24) is 10.2 Å². The molecule has 160 valence electrons. The summed E-state index contributed by atoms with van der Waals surface area (Å²) >= 11 is 6.03. The number of nitrogens with zero attached hydrogens (tertiary/aromatic N) is 1. The number of carbonyl (C=O) groups excluding carboxylic acids is 2. The van der Waals surface area contributed by atoms with E-state index in [0.29, 0.717) is 42.4 Å². The molecule has 2 aromatic rings. The Hall–Kier alpha value is -2.80. The summed E-state index contributed by atoms with van der Waals surface area (Å²) in [6.07, 6.45) is 1.38. The van der Waals surface area contributed by atoms with Gasteiger partial charge in [0.1, 0.15) is 11.6 Å². The van der Waals surface area contributed by atoms with Gasteiger partial charge in [-0.2, -0.15) is 0 Å². The lowest BCUT2D eigenvalue weighted by molar-refractivity contribution is -0.132. The molecule has 3 rings (SSSR count). The van der Waals surface area contributed by atoms with Crippen molar-refractivity contribution in [2.75, 3.05) is 25.5 Å². The van der Waals surface area contributed by atoms with Crippen LogP contribution >= 0.6 is 11.6 Å². The molecule has 8 heteroatoms. The molecule has 0 saturated carbocycles. The number of benzene rings is 2. The molecule has 0 radical (unpaired) electrons. The topological polar surface area (TPSA) is 70.7 Å². The van der Waals surface area contributed by atoms with Crippen molar-refractivity contribution in [1.29, 1.82) is 0 Å². The van der Waals surface area contributed by atoms with Crippen LogP contribution in [0.1, 0.15) is 25.3 Å². The molecule has 0 unspecified atom stereocenters. The van der Waals surface area contributed by atoms with E-state index in [2.05, 4.69) is 10.6 Å². The number of halogens is 2. The SMILES string of the molecule is COc1ccc(Cl)cc1NC(=O)N1CCC[C@](C)(C(=O)NCc2ccc(F)cc2)C1. The van der Waals surface area contributed by atoms with Crippen LogP contribution in [-0.2, 0) is 11.3 Å². The molecule has 30 heavy (non-hydrogen) atoms. The van der Waals surface area contributed by atoms with Gasteiger partial charge < -0.3 is 20.3 Å². The van der Waals surface area contributed by atoms with E-state index in [1.807, 2.05) is 6.92 Å². The third-order valence-corrected chi connectivity index (χ3v) is 5.54.